The molecule has 1 saturated carbocycles. The Hall–Kier alpha value is -1.09. The number of rotatable bonds is 4. The van der Waals surface area contributed by atoms with E-state index in [0.29, 0.717) is 22.7 Å². The van der Waals surface area contributed by atoms with Gasteiger partial charge in [0.05, 0.1) is 0 Å². The van der Waals surface area contributed by atoms with Crippen LogP contribution in [-0.2, 0) is 0 Å². The van der Waals surface area contributed by atoms with Gasteiger partial charge in [0.1, 0.15) is 5.15 Å². The van der Waals surface area contributed by atoms with Crippen molar-refractivity contribution in [2.24, 2.45) is 5.92 Å². The number of halogens is 1. The maximum Gasteiger partial charge on any atom is 0.254 e. The van der Waals surface area contributed by atoms with E-state index in [2.05, 4.69) is 11.9 Å². The monoisotopic (exact) mass is 280 g/mol. The van der Waals surface area contributed by atoms with Crippen LogP contribution in [0.15, 0.2) is 12.1 Å². The smallest absolute Gasteiger partial charge is 0.254 e. The molecule has 0 spiro atoms. The highest BCUT2D eigenvalue weighted by Gasteiger charge is 2.32. The second-order valence-corrected chi connectivity index (χ2v) is 6.14. The Morgan fingerprint density at radius 2 is 2.00 bits per heavy atom. The van der Waals surface area contributed by atoms with Crippen LogP contribution in [0.1, 0.15) is 55.6 Å². The molecule has 2 rings (SSSR count). The molecule has 1 amide bonds. The molecule has 1 aromatic rings. The van der Waals surface area contributed by atoms with E-state index in [9.17, 15) is 4.79 Å². The number of aromatic nitrogens is 1. The van der Waals surface area contributed by atoms with Gasteiger partial charge in [0, 0.05) is 24.3 Å². The van der Waals surface area contributed by atoms with Gasteiger partial charge in [0.15, 0.2) is 0 Å². The zero-order valence-electron chi connectivity index (χ0n) is 12.0. The third kappa shape index (κ3) is 3.27. The first-order chi connectivity index (χ1) is 8.90. The highest BCUT2D eigenvalue weighted by atomic mass is 35.5. The summed E-state index contributed by atoms with van der Waals surface area (Å²) in [7, 11) is 1.87. The summed E-state index contributed by atoms with van der Waals surface area (Å²) in [4.78, 5) is 18.6. The molecule has 104 valence electrons. The number of nitrogens with zero attached hydrogens (tertiary/aromatic N) is 2. The Balaban J connectivity index is 2.22. The number of carbonyl (C=O) groups excluding carboxylic acids is 1. The average Bonchev–Trinajstić information content (AvgIpc) is 3.19. The van der Waals surface area contributed by atoms with Crippen LogP contribution in [0.5, 0.6) is 0 Å². The van der Waals surface area contributed by atoms with Crippen molar-refractivity contribution in [2.75, 3.05) is 7.05 Å². The minimum Gasteiger partial charge on any atom is -0.339 e. The standard InChI is InChI=1S/C15H21ClN2O/c1-9(2)13-7-12(8-14(16)17-13)15(19)18(4)10(3)11-5-6-11/h7-11H,5-6H2,1-4H3. The SMILES string of the molecule is CC(C)c1cc(C(=O)N(C)C(C)C2CC2)cc(Cl)n1. The highest BCUT2D eigenvalue weighted by Crippen LogP contribution is 2.35. The van der Waals surface area contributed by atoms with Gasteiger partial charge in [-0.15, -0.1) is 0 Å². The zero-order valence-corrected chi connectivity index (χ0v) is 12.7. The molecule has 0 bridgehead atoms. The van der Waals surface area contributed by atoms with E-state index < -0.39 is 0 Å². The third-order valence-electron chi connectivity index (χ3n) is 3.89. The minimum absolute atomic E-state index is 0.0330. The molecule has 1 aliphatic rings. The molecule has 0 aromatic carbocycles. The van der Waals surface area contributed by atoms with E-state index in [0.717, 1.165) is 5.69 Å². The van der Waals surface area contributed by atoms with Crippen LogP contribution in [0.3, 0.4) is 0 Å². The van der Waals surface area contributed by atoms with Crippen molar-refractivity contribution in [1.29, 1.82) is 0 Å². The molecule has 3 nitrogen and oxygen atoms in total. The molecule has 1 aromatic heterocycles. The number of amides is 1. The van der Waals surface area contributed by atoms with E-state index >= 15 is 0 Å². The van der Waals surface area contributed by atoms with E-state index in [1.54, 1.807) is 6.07 Å². The van der Waals surface area contributed by atoms with Crippen molar-refractivity contribution < 1.29 is 4.79 Å². The first-order valence-corrected chi connectivity index (χ1v) is 7.22. The summed E-state index contributed by atoms with van der Waals surface area (Å²) >= 11 is 6.02. The highest BCUT2D eigenvalue weighted by molar-refractivity contribution is 6.29. The van der Waals surface area contributed by atoms with Gasteiger partial charge in [-0.25, -0.2) is 4.98 Å². The van der Waals surface area contributed by atoms with Crippen molar-refractivity contribution in [3.63, 3.8) is 0 Å². The summed E-state index contributed by atoms with van der Waals surface area (Å²) in [6.45, 7) is 6.20. The first-order valence-electron chi connectivity index (χ1n) is 6.84. The van der Waals surface area contributed by atoms with Crippen LogP contribution in [-0.4, -0.2) is 28.9 Å². The minimum atomic E-state index is 0.0330. The molecule has 19 heavy (non-hydrogen) atoms. The summed E-state index contributed by atoms with van der Waals surface area (Å²) in [6, 6.07) is 3.81. The topological polar surface area (TPSA) is 33.2 Å². The Morgan fingerprint density at radius 3 is 2.53 bits per heavy atom. The Bertz CT molecular complexity index is 483. The van der Waals surface area contributed by atoms with Gasteiger partial charge in [-0.1, -0.05) is 25.4 Å². The lowest BCUT2D eigenvalue weighted by molar-refractivity contribution is 0.0727. The van der Waals surface area contributed by atoms with Crippen LogP contribution in [0, 0.1) is 5.92 Å². The Labute approximate surface area is 120 Å². The van der Waals surface area contributed by atoms with Gasteiger partial charge in [0.25, 0.3) is 5.91 Å². The molecule has 1 heterocycles. The molecule has 1 fully saturated rings. The maximum absolute atomic E-state index is 12.5. The lowest BCUT2D eigenvalue weighted by atomic mass is 10.1. The summed E-state index contributed by atoms with van der Waals surface area (Å²) in [5.74, 6) is 0.956. The fraction of sp³-hybridized carbons (Fsp3) is 0.600. The van der Waals surface area contributed by atoms with Crippen LogP contribution >= 0.6 is 11.6 Å². The fourth-order valence-corrected chi connectivity index (χ4v) is 2.44. The van der Waals surface area contributed by atoms with Crippen molar-refractivity contribution in [1.82, 2.24) is 9.88 Å². The number of hydrogen-bond donors (Lipinski definition) is 0. The average molecular weight is 281 g/mol. The second-order valence-electron chi connectivity index (χ2n) is 5.75. The first kappa shape index (κ1) is 14.3. The quantitative estimate of drug-likeness (QED) is 0.788. The Kier molecular flexibility index (Phi) is 4.14. The number of carbonyl (C=O) groups is 1. The van der Waals surface area contributed by atoms with Gasteiger partial charge in [0.2, 0.25) is 0 Å². The summed E-state index contributed by atoms with van der Waals surface area (Å²) in [5, 5.41) is 0.391. The molecule has 1 unspecified atom stereocenters. The van der Waals surface area contributed by atoms with Gasteiger partial charge < -0.3 is 4.90 Å². The van der Waals surface area contributed by atoms with Crippen LogP contribution < -0.4 is 0 Å². The van der Waals surface area contributed by atoms with Crippen LogP contribution in [0.25, 0.3) is 0 Å². The number of hydrogen-bond acceptors (Lipinski definition) is 2. The van der Waals surface area contributed by atoms with Crippen molar-refractivity contribution in [3.05, 3.63) is 28.5 Å². The maximum atomic E-state index is 12.5. The Morgan fingerprint density at radius 1 is 1.37 bits per heavy atom. The lowest BCUT2D eigenvalue weighted by Crippen LogP contribution is -2.36. The van der Waals surface area contributed by atoms with Crippen molar-refractivity contribution in [3.8, 4) is 0 Å². The molecular formula is C15H21ClN2O. The van der Waals surface area contributed by atoms with Gasteiger partial charge >= 0.3 is 0 Å². The molecule has 1 aliphatic carbocycles. The molecule has 4 heteroatoms. The van der Waals surface area contributed by atoms with Crippen LogP contribution in [0.2, 0.25) is 5.15 Å². The summed E-state index contributed by atoms with van der Waals surface area (Å²) in [5.41, 5.74) is 1.50. The largest absolute Gasteiger partial charge is 0.339 e. The molecule has 0 N–H and O–H groups in total. The van der Waals surface area contributed by atoms with E-state index in [4.69, 9.17) is 11.6 Å². The fourth-order valence-electron chi connectivity index (χ4n) is 2.22. The predicted molar refractivity (Wildman–Crippen MR) is 77.6 cm³/mol. The van der Waals surface area contributed by atoms with Crippen molar-refractivity contribution in [2.45, 2.75) is 45.6 Å². The van der Waals surface area contributed by atoms with E-state index in [1.807, 2.05) is 31.9 Å². The predicted octanol–water partition coefficient (Wildman–Crippen LogP) is 3.73. The van der Waals surface area contributed by atoms with E-state index in [-0.39, 0.29) is 11.8 Å². The molecular weight excluding hydrogens is 260 g/mol. The van der Waals surface area contributed by atoms with Gasteiger partial charge in [-0.3, -0.25) is 4.79 Å². The summed E-state index contributed by atoms with van der Waals surface area (Å²) in [6.07, 6.45) is 2.46. The zero-order chi connectivity index (χ0) is 14.2. The molecule has 0 aliphatic heterocycles. The molecule has 1 atom stereocenters. The van der Waals surface area contributed by atoms with Crippen molar-refractivity contribution >= 4 is 17.5 Å². The molecule has 0 saturated heterocycles. The molecule has 0 radical (unpaired) electrons. The number of pyridine rings is 1. The van der Waals surface area contributed by atoms with Crippen LogP contribution in [0.4, 0.5) is 0 Å². The van der Waals surface area contributed by atoms with Gasteiger partial charge in [-0.2, -0.15) is 0 Å². The van der Waals surface area contributed by atoms with E-state index in [1.165, 1.54) is 12.8 Å². The summed E-state index contributed by atoms with van der Waals surface area (Å²) < 4.78 is 0. The lowest BCUT2D eigenvalue weighted by Gasteiger charge is -2.25. The normalized spacial score (nSPS) is 16.5. The second kappa shape index (κ2) is 5.49. The van der Waals surface area contributed by atoms with Gasteiger partial charge in [-0.05, 0) is 43.7 Å². The third-order valence-corrected chi connectivity index (χ3v) is 4.08.